The molecule has 0 aliphatic heterocycles. The van der Waals surface area contributed by atoms with Crippen LogP contribution in [0.25, 0.3) is 0 Å². The number of amides is 2. The summed E-state index contributed by atoms with van der Waals surface area (Å²) in [4.78, 5) is 29.1. The summed E-state index contributed by atoms with van der Waals surface area (Å²) in [6.07, 6.45) is 5.20. The van der Waals surface area contributed by atoms with E-state index in [0.29, 0.717) is 12.0 Å². The van der Waals surface area contributed by atoms with E-state index >= 15 is 0 Å². The van der Waals surface area contributed by atoms with E-state index in [1.165, 1.54) is 47.4 Å². The third kappa shape index (κ3) is 8.28. The highest BCUT2D eigenvalue weighted by molar-refractivity contribution is 7.92. The van der Waals surface area contributed by atoms with Gasteiger partial charge in [0.05, 0.1) is 20.6 Å². The molecular weight excluding hydrogens is 612 g/mol. The molecule has 0 heterocycles. The van der Waals surface area contributed by atoms with E-state index < -0.39 is 34.3 Å². The Morgan fingerprint density at radius 3 is 2.21 bits per heavy atom. The third-order valence-corrected chi connectivity index (χ3v) is 10.2. The summed E-state index contributed by atoms with van der Waals surface area (Å²) in [5.41, 5.74) is 1.61. The Morgan fingerprint density at radius 2 is 1.60 bits per heavy atom. The van der Waals surface area contributed by atoms with Gasteiger partial charge in [-0.3, -0.25) is 13.9 Å². The Labute approximate surface area is 263 Å². The average molecular weight is 649 g/mol. The van der Waals surface area contributed by atoms with Crippen molar-refractivity contribution in [3.63, 3.8) is 0 Å². The number of halogens is 3. The molecule has 230 valence electrons. The largest absolute Gasteiger partial charge is 0.352 e. The minimum Gasteiger partial charge on any atom is -0.352 e. The predicted octanol–water partition coefficient (Wildman–Crippen LogP) is 6.89. The van der Waals surface area contributed by atoms with Crippen LogP contribution in [0, 0.1) is 12.7 Å². The molecule has 1 aliphatic carbocycles. The lowest BCUT2D eigenvalue weighted by atomic mass is 9.95. The van der Waals surface area contributed by atoms with Crippen LogP contribution < -0.4 is 9.62 Å². The summed E-state index contributed by atoms with van der Waals surface area (Å²) < 4.78 is 42.7. The smallest absolute Gasteiger partial charge is 0.264 e. The molecule has 7 nitrogen and oxygen atoms in total. The average Bonchev–Trinajstić information content (AvgIpc) is 2.99. The zero-order valence-electron chi connectivity index (χ0n) is 24.2. The van der Waals surface area contributed by atoms with Crippen molar-refractivity contribution in [2.75, 3.05) is 10.8 Å². The topological polar surface area (TPSA) is 86.8 Å². The van der Waals surface area contributed by atoms with Crippen LogP contribution in [0.15, 0.2) is 71.6 Å². The van der Waals surface area contributed by atoms with E-state index in [9.17, 15) is 22.4 Å². The molecule has 43 heavy (non-hydrogen) atoms. The first-order valence-corrected chi connectivity index (χ1v) is 16.6. The van der Waals surface area contributed by atoms with Crippen molar-refractivity contribution in [1.29, 1.82) is 0 Å². The van der Waals surface area contributed by atoms with E-state index in [1.807, 2.05) is 6.92 Å². The Hall–Kier alpha value is -3.14. The fourth-order valence-corrected chi connectivity index (χ4v) is 6.96. The highest BCUT2D eigenvalue weighted by atomic mass is 35.5. The quantitative estimate of drug-likeness (QED) is 0.245. The van der Waals surface area contributed by atoms with Gasteiger partial charge in [-0.15, -0.1) is 0 Å². The van der Waals surface area contributed by atoms with E-state index in [2.05, 4.69) is 5.32 Å². The van der Waals surface area contributed by atoms with Gasteiger partial charge in [-0.25, -0.2) is 12.8 Å². The fourth-order valence-electron chi connectivity index (χ4n) is 5.26. The first-order valence-electron chi connectivity index (χ1n) is 14.4. The predicted molar refractivity (Wildman–Crippen MR) is 168 cm³/mol. The maximum absolute atomic E-state index is 14.2. The summed E-state index contributed by atoms with van der Waals surface area (Å²) >= 11 is 12.4. The number of sulfonamides is 1. The molecule has 0 unspecified atom stereocenters. The lowest BCUT2D eigenvalue weighted by Crippen LogP contribution is -2.54. The summed E-state index contributed by atoms with van der Waals surface area (Å²) in [6, 6.07) is 15.4. The molecule has 1 atom stereocenters. The summed E-state index contributed by atoms with van der Waals surface area (Å²) in [5, 5.41) is 3.46. The van der Waals surface area contributed by atoms with Gasteiger partial charge in [0.15, 0.2) is 0 Å². The second-order valence-corrected chi connectivity index (χ2v) is 13.5. The van der Waals surface area contributed by atoms with E-state index in [-0.39, 0.29) is 39.1 Å². The molecule has 3 aromatic rings. The number of nitrogens with one attached hydrogen (secondary N) is 1. The second kappa shape index (κ2) is 14.6. The van der Waals surface area contributed by atoms with Crippen LogP contribution in [-0.4, -0.2) is 43.8 Å². The Morgan fingerprint density at radius 1 is 0.953 bits per heavy atom. The lowest BCUT2D eigenvalue weighted by Gasteiger charge is -2.34. The van der Waals surface area contributed by atoms with Gasteiger partial charge in [-0.2, -0.15) is 0 Å². The number of benzene rings is 3. The van der Waals surface area contributed by atoms with Crippen LogP contribution in [0.4, 0.5) is 10.1 Å². The Bertz CT molecular complexity index is 1530. The van der Waals surface area contributed by atoms with Crippen LogP contribution in [0.2, 0.25) is 10.0 Å². The molecule has 0 bridgehead atoms. The number of carbonyl (C=O) groups excluding carboxylic acids is 2. The molecule has 1 fully saturated rings. The fraction of sp³-hybridized carbons (Fsp3) is 0.375. The molecular formula is C32H36Cl2FN3O4S. The van der Waals surface area contributed by atoms with Gasteiger partial charge in [0, 0.05) is 12.6 Å². The molecule has 0 aromatic heterocycles. The van der Waals surface area contributed by atoms with Crippen molar-refractivity contribution in [2.45, 2.75) is 75.9 Å². The zero-order chi connectivity index (χ0) is 31.1. The van der Waals surface area contributed by atoms with Gasteiger partial charge in [0.1, 0.15) is 18.4 Å². The standard InChI is InChI=1S/C32H36Cl2FN3O4S/c1-3-30(32(40)36-25-7-5-4-6-8-25)37(20-23-11-13-24(35)14-12-23)31(39)21-38(26-15-18-28(33)29(34)19-26)43(41,42)27-16-9-22(2)10-17-27/h9-19,25,30H,3-8,20-21H2,1-2H3,(H,36,40)/t30-/m1/s1. The van der Waals surface area contributed by atoms with Crippen molar-refractivity contribution in [1.82, 2.24) is 10.2 Å². The SMILES string of the molecule is CC[C@H](C(=O)NC1CCCCC1)N(Cc1ccc(F)cc1)C(=O)CN(c1ccc(Cl)c(Cl)c1)S(=O)(=O)c1ccc(C)cc1. The molecule has 2 amide bonds. The van der Waals surface area contributed by atoms with Crippen LogP contribution in [0.5, 0.6) is 0 Å². The first-order chi connectivity index (χ1) is 20.5. The molecule has 0 saturated heterocycles. The van der Waals surface area contributed by atoms with Gasteiger partial charge < -0.3 is 10.2 Å². The van der Waals surface area contributed by atoms with Gasteiger partial charge >= 0.3 is 0 Å². The van der Waals surface area contributed by atoms with Crippen molar-refractivity contribution in [3.8, 4) is 0 Å². The highest BCUT2D eigenvalue weighted by Crippen LogP contribution is 2.31. The number of nitrogens with zero attached hydrogens (tertiary/aromatic N) is 2. The molecule has 1 N–H and O–H groups in total. The minimum absolute atomic E-state index is 0.0101. The summed E-state index contributed by atoms with van der Waals surface area (Å²) in [6.45, 7) is 3.02. The third-order valence-electron chi connectivity index (χ3n) is 7.68. The van der Waals surface area contributed by atoms with Crippen molar-refractivity contribution < 1.29 is 22.4 Å². The van der Waals surface area contributed by atoms with Crippen molar-refractivity contribution >= 4 is 50.7 Å². The van der Waals surface area contributed by atoms with E-state index in [0.717, 1.165) is 42.0 Å². The Kier molecular flexibility index (Phi) is 11.1. The molecule has 3 aromatic carbocycles. The number of rotatable bonds is 11. The number of carbonyl (C=O) groups is 2. The Balaban J connectivity index is 1.72. The molecule has 1 aliphatic rings. The second-order valence-electron chi connectivity index (χ2n) is 10.8. The summed E-state index contributed by atoms with van der Waals surface area (Å²) in [7, 11) is -4.25. The van der Waals surface area contributed by atoms with Crippen molar-refractivity contribution in [2.24, 2.45) is 0 Å². The first kappa shape index (κ1) is 32.8. The van der Waals surface area contributed by atoms with Crippen LogP contribution in [0.3, 0.4) is 0 Å². The molecule has 1 saturated carbocycles. The lowest BCUT2D eigenvalue weighted by molar-refractivity contribution is -0.140. The van der Waals surface area contributed by atoms with Crippen LogP contribution in [-0.2, 0) is 26.2 Å². The van der Waals surface area contributed by atoms with Gasteiger partial charge in [-0.1, -0.05) is 79.2 Å². The normalized spacial score (nSPS) is 14.6. The van der Waals surface area contributed by atoms with Crippen molar-refractivity contribution in [3.05, 3.63) is 93.7 Å². The molecule has 11 heteroatoms. The van der Waals surface area contributed by atoms with Gasteiger partial charge in [0.2, 0.25) is 11.8 Å². The molecule has 0 radical (unpaired) electrons. The molecule has 0 spiro atoms. The summed E-state index contributed by atoms with van der Waals surface area (Å²) in [5.74, 6) is -1.33. The zero-order valence-corrected chi connectivity index (χ0v) is 26.6. The maximum Gasteiger partial charge on any atom is 0.264 e. The number of hydrogen-bond donors (Lipinski definition) is 1. The van der Waals surface area contributed by atoms with Gasteiger partial charge in [0.25, 0.3) is 10.0 Å². The number of aryl methyl sites for hydroxylation is 1. The van der Waals surface area contributed by atoms with Crippen LogP contribution in [0.1, 0.15) is 56.6 Å². The number of hydrogen-bond acceptors (Lipinski definition) is 4. The monoisotopic (exact) mass is 647 g/mol. The maximum atomic E-state index is 14.2. The van der Waals surface area contributed by atoms with E-state index in [4.69, 9.17) is 23.2 Å². The minimum atomic E-state index is -4.25. The molecule has 4 rings (SSSR count). The highest BCUT2D eigenvalue weighted by Gasteiger charge is 2.34. The van der Waals surface area contributed by atoms with Gasteiger partial charge in [-0.05, 0) is 74.2 Å². The number of anilines is 1. The van der Waals surface area contributed by atoms with Crippen LogP contribution >= 0.6 is 23.2 Å². The van der Waals surface area contributed by atoms with E-state index in [1.54, 1.807) is 31.2 Å².